The van der Waals surface area contributed by atoms with Gasteiger partial charge >= 0.3 is 0 Å². The molecule has 0 radical (unpaired) electrons. The molecule has 1 saturated heterocycles. The lowest BCUT2D eigenvalue weighted by Gasteiger charge is -2.41. The van der Waals surface area contributed by atoms with E-state index in [4.69, 9.17) is 0 Å². The molecule has 1 aliphatic heterocycles. The van der Waals surface area contributed by atoms with Gasteiger partial charge in [-0.05, 0) is 31.4 Å². The minimum atomic E-state index is -0.609. The molecule has 1 atom stereocenters. The van der Waals surface area contributed by atoms with Crippen molar-refractivity contribution in [3.05, 3.63) is 56.0 Å². The molecule has 8 heteroatoms. The van der Waals surface area contributed by atoms with Crippen molar-refractivity contribution in [1.82, 2.24) is 4.90 Å². The Morgan fingerprint density at radius 3 is 2.76 bits per heavy atom. The van der Waals surface area contributed by atoms with Gasteiger partial charge in [0, 0.05) is 31.2 Å². The number of anilines is 1. The maximum Gasteiger partial charge on any atom is 0.275 e. The summed E-state index contributed by atoms with van der Waals surface area (Å²) >= 11 is 1.40. The fourth-order valence-corrected chi connectivity index (χ4v) is 3.79. The Kier molecular flexibility index (Phi) is 4.71. The van der Waals surface area contributed by atoms with Crippen LogP contribution < -0.4 is 4.90 Å². The van der Waals surface area contributed by atoms with Gasteiger partial charge in [-0.15, -0.1) is 11.3 Å². The van der Waals surface area contributed by atoms with Crippen molar-refractivity contribution in [2.45, 2.75) is 19.9 Å². The number of thiophene rings is 1. The maximum absolute atomic E-state index is 14.4. The number of hydrogen-bond donors (Lipinski definition) is 0. The molecule has 0 unspecified atom stereocenters. The van der Waals surface area contributed by atoms with Crippen molar-refractivity contribution in [3.63, 3.8) is 0 Å². The number of hydrogen-bond acceptors (Lipinski definition) is 5. The molecule has 1 aromatic carbocycles. The lowest BCUT2D eigenvalue weighted by Crippen LogP contribution is -2.54. The van der Waals surface area contributed by atoms with E-state index in [2.05, 4.69) is 0 Å². The van der Waals surface area contributed by atoms with Gasteiger partial charge in [-0.1, -0.05) is 6.07 Å². The van der Waals surface area contributed by atoms with E-state index in [0.717, 1.165) is 6.07 Å². The predicted molar refractivity (Wildman–Crippen MR) is 94.8 cm³/mol. The Morgan fingerprint density at radius 1 is 1.40 bits per heavy atom. The number of carbonyl (C=O) groups excluding carboxylic acids is 1. The van der Waals surface area contributed by atoms with Gasteiger partial charge in [0.25, 0.3) is 11.6 Å². The number of nitro groups is 1. The molecule has 0 N–H and O–H groups in total. The molecule has 25 heavy (non-hydrogen) atoms. The molecule has 1 amide bonds. The second-order valence-corrected chi connectivity index (χ2v) is 7.07. The van der Waals surface area contributed by atoms with Crippen LogP contribution in [-0.4, -0.2) is 41.4 Å². The molecular formula is C17H18FN3O3S. The van der Waals surface area contributed by atoms with E-state index in [1.165, 1.54) is 17.4 Å². The van der Waals surface area contributed by atoms with Crippen LogP contribution in [-0.2, 0) is 0 Å². The Balaban J connectivity index is 1.78. The molecular weight excluding hydrogens is 345 g/mol. The minimum absolute atomic E-state index is 0.0116. The van der Waals surface area contributed by atoms with Crippen LogP contribution in [0, 0.1) is 22.9 Å². The monoisotopic (exact) mass is 363 g/mol. The third-order valence-electron chi connectivity index (χ3n) is 4.42. The van der Waals surface area contributed by atoms with Gasteiger partial charge in [0.15, 0.2) is 5.82 Å². The smallest absolute Gasteiger partial charge is 0.275 e. The highest BCUT2D eigenvalue weighted by Gasteiger charge is 2.30. The molecule has 0 aliphatic carbocycles. The molecule has 6 nitrogen and oxygen atoms in total. The highest BCUT2D eigenvalue weighted by molar-refractivity contribution is 7.12. The van der Waals surface area contributed by atoms with Crippen LogP contribution in [0.4, 0.5) is 15.8 Å². The van der Waals surface area contributed by atoms with E-state index in [-0.39, 0.29) is 17.6 Å². The molecule has 2 heterocycles. The number of halogens is 1. The Bertz CT molecular complexity index is 810. The zero-order chi connectivity index (χ0) is 18.1. The molecule has 132 valence electrons. The van der Waals surface area contributed by atoms with Crippen LogP contribution in [0.1, 0.15) is 22.2 Å². The average Bonchev–Trinajstić information content (AvgIpc) is 3.10. The highest BCUT2D eigenvalue weighted by Crippen LogP contribution is 2.30. The van der Waals surface area contributed by atoms with Crippen LogP contribution in [0.5, 0.6) is 0 Å². The van der Waals surface area contributed by atoms with Gasteiger partial charge < -0.3 is 9.80 Å². The lowest BCUT2D eigenvalue weighted by atomic mass is 10.1. The topological polar surface area (TPSA) is 66.7 Å². The normalized spacial score (nSPS) is 17.6. The van der Waals surface area contributed by atoms with Crippen molar-refractivity contribution < 1.29 is 14.1 Å². The fourth-order valence-electron chi connectivity index (χ4n) is 3.11. The number of rotatable bonds is 3. The first-order valence-electron chi connectivity index (χ1n) is 7.92. The van der Waals surface area contributed by atoms with E-state index in [1.54, 1.807) is 17.9 Å². The largest absolute Gasteiger partial charge is 0.365 e. The summed E-state index contributed by atoms with van der Waals surface area (Å²) in [4.78, 5) is 27.2. The zero-order valence-corrected chi connectivity index (χ0v) is 14.8. The van der Waals surface area contributed by atoms with E-state index < -0.39 is 10.7 Å². The zero-order valence-electron chi connectivity index (χ0n) is 13.9. The number of carbonyl (C=O) groups is 1. The molecule has 1 aliphatic rings. The summed E-state index contributed by atoms with van der Waals surface area (Å²) in [5.41, 5.74) is 0.546. The standard InChI is InChI=1S/C17H18FN3O3S/c1-11-8-15(13(18)9-14(11)21(23)24)19-5-6-20(12(2)10-19)17(22)16-4-3-7-25-16/h3-4,7-9,12H,5-6,10H2,1-2H3/t12-/m0/s1. The summed E-state index contributed by atoms with van der Waals surface area (Å²) in [6, 6.07) is 6.03. The minimum Gasteiger partial charge on any atom is -0.365 e. The van der Waals surface area contributed by atoms with Crippen molar-refractivity contribution in [3.8, 4) is 0 Å². The van der Waals surface area contributed by atoms with Crippen LogP contribution in [0.25, 0.3) is 0 Å². The summed E-state index contributed by atoms with van der Waals surface area (Å²) in [7, 11) is 0. The Morgan fingerprint density at radius 2 is 2.16 bits per heavy atom. The van der Waals surface area contributed by atoms with Gasteiger partial charge in [-0.2, -0.15) is 0 Å². The van der Waals surface area contributed by atoms with Crippen LogP contribution in [0.2, 0.25) is 0 Å². The quantitative estimate of drug-likeness (QED) is 0.619. The second-order valence-electron chi connectivity index (χ2n) is 6.12. The van der Waals surface area contributed by atoms with Crippen LogP contribution >= 0.6 is 11.3 Å². The third-order valence-corrected chi connectivity index (χ3v) is 5.28. The van der Waals surface area contributed by atoms with Gasteiger partial charge in [-0.3, -0.25) is 14.9 Å². The van der Waals surface area contributed by atoms with Crippen molar-refractivity contribution in [2.24, 2.45) is 0 Å². The third kappa shape index (κ3) is 3.34. The molecule has 0 spiro atoms. The lowest BCUT2D eigenvalue weighted by molar-refractivity contribution is -0.385. The average molecular weight is 363 g/mol. The summed E-state index contributed by atoms with van der Waals surface area (Å²) < 4.78 is 14.4. The molecule has 0 saturated carbocycles. The first-order chi connectivity index (χ1) is 11.9. The summed E-state index contributed by atoms with van der Waals surface area (Å²) in [6.07, 6.45) is 0. The van der Waals surface area contributed by atoms with Crippen LogP contribution in [0.15, 0.2) is 29.6 Å². The molecule has 3 rings (SSSR count). The molecule has 2 aromatic rings. The number of nitrogens with zero attached hydrogens (tertiary/aromatic N) is 3. The summed E-state index contributed by atoms with van der Waals surface area (Å²) in [5, 5.41) is 12.8. The van der Waals surface area contributed by atoms with Crippen molar-refractivity contribution in [2.75, 3.05) is 24.5 Å². The predicted octanol–water partition coefficient (Wildman–Crippen LogP) is 3.45. The number of piperazine rings is 1. The number of amides is 1. The second kappa shape index (κ2) is 6.79. The summed E-state index contributed by atoms with van der Waals surface area (Å²) in [6.45, 7) is 4.96. The Labute approximate surface area is 148 Å². The fraction of sp³-hybridized carbons (Fsp3) is 0.353. The number of benzene rings is 1. The van der Waals surface area contributed by atoms with Crippen molar-refractivity contribution in [1.29, 1.82) is 0 Å². The maximum atomic E-state index is 14.4. The van der Waals surface area contributed by atoms with Gasteiger partial charge in [-0.25, -0.2) is 4.39 Å². The first-order valence-corrected chi connectivity index (χ1v) is 8.80. The number of nitro benzene ring substituents is 1. The van der Waals surface area contributed by atoms with Gasteiger partial charge in [0.2, 0.25) is 0 Å². The first kappa shape index (κ1) is 17.3. The highest BCUT2D eigenvalue weighted by atomic mass is 32.1. The van der Waals surface area contributed by atoms with Gasteiger partial charge in [0.1, 0.15) is 0 Å². The van der Waals surface area contributed by atoms with Crippen molar-refractivity contribution >= 4 is 28.6 Å². The number of aryl methyl sites for hydroxylation is 1. The van der Waals surface area contributed by atoms with E-state index in [9.17, 15) is 19.3 Å². The SMILES string of the molecule is Cc1cc(N2CCN(C(=O)c3cccs3)[C@@H](C)C2)c(F)cc1[N+](=O)[O-]. The Hall–Kier alpha value is -2.48. The molecule has 1 aromatic heterocycles. The van der Waals surface area contributed by atoms with E-state index >= 15 is 0 Å². The van der Waals surface area contributed by atoms with E-state index in [0.29, 0.717) is 35.8 Å². The van der Waals surface area contributed by atoms with Crippen LogP contribution in [0.3, 0.4) is 0 Å². The molecule has 0 bridgehead atoms. The van der Waals surface area contributed by atoms with Gasteiger partial charge in [0.05, 0.1) is 21.6 Å². The summed E-state index contributed by atoms with van der Waals surface area (Å²) in [5.74, 6) is -0.620. The van der Waals surface area contributed by atoms with E-state index in [1.807, 2.05) is 23.3 Å². The molecule has 1 fully saturated rings.